The van der Waals surface area contributed by atoms with Crippen LogP contribution in [0, 0.1) is 0 Å². The highest BCUT2D eigenvalue weighted by molar-refractivity contribution is 9.10. The maximum absolute atomic E-state index is 12.7. The standard InChI is InChI=1S/C17H12BrF3O3/c1-24-15-8-10(7-13(18)16(15)23)5-6-14(22)11-3-2-4-12(9-11)17(19,20)21/h2-9,23H,1H3/b6-5+. The number of carbonyl (C=O) groups is 1. The van der Waals surface area contributed by atoms with E-state index in [0.717, 1.165) is 18.2 Å². The number of allylic oxidation sites excluding steroid dienone is 1. The molecule has 24 heavy (non-hydrogen) atoms. The second-order valence-corrected chi connectivity index (χ2v) is 5.68. The SMILES string of the molecule is COc1cc(/C=C/C(=O)c2cccc(C(F)(F)F)c2)cc(Br)c1O. The zero-order valence-corrected chi connectivity index (χ0v) is 14.0. The first-order valence-corrected chi connectivity index (χ1v) is 7.48. The van der Waals surface area contributed by atoms with Crippen LogP contribution < -0.4 is 4.74 Å². The van der Waals surface area contributed by atoms with Crippen molar-refractivity contribution in [1.29, 1.82) is 0 Å². The molecule has 0 saturated carbocycles. The van der Waals surface area contributed by atoms with Crippen molar-refractivity contribution >= 4 is 27.8 Å². The lowest BCUT2D eigenvalue weighted by Gasteiger charge is -2.07. The summed E-state index contributed by atoms with van der Waals surface area (Å²) in [4.78, 5) is 12.1. The number of phenols is 1. The number of ketones is 1. The number of halogens is 4. The average molecular weight is 401 g/mol. The third-order valence-corrected chi connectivity index (χ3v) is 3.78. The Morgan fingerprint density at radius 2 is 1.96 bits per heavy atom. The van der Waals surface area contributed by atoms with E-state index in [1.54, 1.807) is 6.07 Å². The molecule has 0 spiro atoms. The summed E-state index contributed by atoms with van der Waals surface area (Å²) in [7, 11) is 1.38. The van der Waals surface area contributed by atoms with Crippen LogP contribution in [0.15, 0.2) is 46.9 Å². The van der Waals surface area contributed by atoms with Crippen molar-refractivity contribution in [3.63, 3.8) is 0 Å². The Morgan fingerprint density at radius 1 is 1.25 bits per heavy atom. The Kier molecular flexibility index (Phi) is 5.33. The number of aromatic hydroxyl groups is 1. The van der Waals surface area contributed by atoms with Gasteiger partial charge in [-0.2, -0.15) is 13.2 Å². The first kappa shape index (κ1) is 18.1. The van der Waals surface area contributed by atoms with Crippen molar-refractivity contribution in [1.82, 2.24) is 0 Å². The number of methoxy groups -OCH3 is 1. The van der Waals surface area contributed by atoms with E-state index in [0.29, 0.717) is 10.0 Å². The predicted molar refractivity (Wildman–Crippen MR) is 87.2 cm³/mol. The number of hydrogen-bond acceptors (Lipinski definition) is 3. The second-order valence-electron chi connectivity index (χ2n) is 4.83. The largest absolute Gasteiger partial charge is 0.503 e. The van der Waals surface area contributed by atoms with Gasteiger partial charge in [0.25, 0.3) is 0 Å². The molecule has 126 valence electrons. The minimum Gasteiger partial charge on any atom is -0.503 e. The quantitative estimate of drug-likeness (QED) is 0.574. The summed E-state index contributed by atoms with van der Waals surface area (Å²) < 4.78 is 43.4. The fourth-order valence-electron chi connectivity index (χ4n) is 1.96. The molecule has 0 bridgehead atoms. The van der Waals surface area contributed by atoms with Crippen molar-refractivity contribution in [2.24, 2.45) is 0 Å². The van der Waals surface area contributed by atoms with Gasteiger partial charge in [0.1, 0.15) is 0 Å². The van der Waals surface area contributed by atoms with Gasteiger partial charge in [0.05, 0.1) is 17.1 Å². The minimum atomic E-state index is -4.50. The fourth-order valence-corrected chi connectivity index (χ4v) is 2.42. The van der Waals surface area contributed by atoms with E-state index in [9.17, 15) is 23.1 Å². The summed E-state index contributed by atoms with van der Waals surface area (Å²) in [6.07, 6.45) is -1.92. The lowest BCUT2D eigenvalue weighted by atomic mass is 10.1. The van der Waals surface area contributed by atoms with E-state index in [1.165, 1.54) is 31.4 Å². The molecule has 2 rings (SSSR count). The van der Waals surface area contributed by atoms with E-state index < -0.39 is 17.5 Å². The third-order valence-electron chi connectivity index (χ3n) is 3.17. The molecular weight excluding hydrogens is 389 g/mol. The smallest absolute Gasteiger partial charge is 0.416 e. The van der Waals surface area contributed by atoms with Crippen LogP contribution in [0.4, 0.5) is 13.2 Å². The molecule has 0 radical (unpaired) electrons. The number of rotatable bonds is 4. The van der Waals surface area contributed by atoms with Gasteiger partial charge >= 0.3 is 6.18 Å². The van der Waals surface area contributed by atoms with Crippen LogP contribution in [-0.2, 0) is 6.18 Å². The third kappa shape index (κ3) is 4.17. The first-order valence-electron chi connectivity index (χ1n) is 6.68. The molecule has 0 unspecified atom stereocenters. The molecule has 0 aliphatic carbocycles. The molecule has 1 N–H and O–H groups in total. The molecule has 0 saturated heterocycles. The maximum Gasteiger partial charge on any atom is 0.416 e. The lowest BCUT2D eigenvalue weighted by Crippen LogP contribution is -2.06. The van der Waals surface area contributed by atoms with Crippen LogP contribution >= 0.6 is 15.9 Å². The van der Waals surface area contributed by atoms with Gasteiger partial charge in [0.2, 0.25) is 0 Å². The Hall–Kier alpha value is -2.28. The average Bonchev–Trinajstić information content (AvgIpc) is 2.54. The van der Waals surface area contributed by atoms with Crippen molar-refractivity contribution < 1.29 is 27.8 Å². The van der Waals surface area contributed by atoms with E-state index in [4.69, 9.17) is 4.74 Å². The van der Waals surface area contributed by atoms with Gasteiger partial charge in [-0.25, -0.2) is 0 Å². The molecule has 2 aromatic carbocycles. The normalized spacial score (nSPS) is 11.7. The van der Waals surface area contributed by atoms with Crippen LogP contribution in [-0.4, -0.2) is 18.0 Å². The summed E-state index contributed by atoms with van der Waals surface area (Å²) in [6, 6.07) is 7.26. The van der Waals surface area contributed by atoms with Gasteiger partial charge in [-0.05, 0) is 51.8 Å². The Bertz CT molecular complexity index is 798. The van der Waals surface area contributed by atoms with Gasteiger partial charge in [-0.3, -0.25) is 4.79 Å². The second kappa shape index (κ2) is 7.09. The zero-order chi connectivity index (χ0) is 17.9. The van der Waals surface area contributed by atoms with Gasteiger partial charge in [0.15, 0.2) is 17.3 Å². The zero-order valence-electron chi connectivity index (χ0n) is 12.4. The molecule has 0 aliphatic rings. The highest BCUT2D eigenvalue weighted by Gasteiger charge is 2.30. The topological polar surface area (TPSA) is 46.5 Å². The number of alkyl halides is 3. The molecular formula is C17H12BrF3O3. The van der Waals surface area contributed by atoms with E-state index in [2.05, 4.69) is 15.9 Å². The molecule has 0 amide bonds. The number of benzene rings is 2. The monoisotopic (exact) mass is 400 g/mol. The van der Waals surface area contributed by atoms with Crippen LogP contribution in [0.1, 0.15) is 21.5 Å². The molecule has 3 nitrogen and oxygen atoms in total. The van der Waals surface area contributed by atoms with Gasteiger partial charge in [0, 0.05) is 5.56 Å². The minimum absolute atomic E-state index is 0.0640. The van der Waals surface area contributed by atoms with Crippen molar-refractivity contribution in [3.05, 3.63) is 63.6 Å². The highest BCUT2D eigenvalue weighted by atomic mass is 79.9. The first-order chi connectivity index (χ1) is 11.2. The van der Waals surface area contributed by atoms with Crippen LogP contribution in [0.3, 0.4) is 0 Å². The lowest BCUT2D eigenvalue weighted by molar-refractivity contribution is -0.137. The molecule has 0 aromatic heterocycles. The summed E-state index contributed by atoms with van der Waals surface area (Å²) in [6.45, 7) is 0. The number of phenolic OH excluding ortho intramolecular Hbond substituents is 1. The number of ether oxygens (including phenoxy) is 1. The van der Waals surface area contributed by atoms with E-state index in [1.807, 2.05) is 0 Å². The Balaban J connectivity index is 2.27. The van der Waals surface area contributed by atoms with Crippen LogP contribution in [0.5, 0.6) is 11.5 Å². The molecule has 0 aliphatic heterocycles. The summed E-state index contributed by atoms with van der Waals surface area (Å²) >= 11 is 3.15. The Morgan fingerprint density at radius 3 is 2.58 bits per heavy atom. The molecule has 2 aromatic rings. The van der Waals surface area contributed by atoms with Crippen molar-refractivity contribution in [2.75, 3.05) is 7.11 Å². The van der Waals surface area contributed by atoms with Gasteiger partial charge in [-0.15, -0.1) is 0 Å². The highest BCUT2D eigenvalue weighted by Crippen LogP contribution is 2.35. The molecule has 0 atom stereocenters. The molecule has 0 fully saturated rings. The van der Waals surface area contributed by atoms with Crippen LogP contribution in [0.25, 0.3) is 6.08 Å². The van der Waals surface area contributed by atoms with Crippen molar-refractivity contribution in [2.45, 2.75) is 6.18 Å². The number of hydrogen-bond donors (Lipinski definition) is 1. The van der Waals surface area contributed by atoms with Gasteiger partial charge < -0.3 is 9.84 Å². The summed E-state index contributed by atoms with van der Waals surface area (Å²) in [5.74, 6) is -0.446. The fraction of sp³-hybridized carbons (Fsp3) is 0.118. The molecule has 7 heteroatoms. The van der Waals surface area contributed by atoms with E-state index in [-0.39, 0.29) is 17.1 Å². The van der Waals surface area contributed by atoms with Crippen molar-refractivity contribution in [3.8, 4) is 11.5 Å². The van der Waals surface area contributed by atoms with E-state index >= 15 is 0 Å². The Labute approximate surface area is 144 Å². The summed E-state index contributed by atoms with van der Waals surface area (Å²) in [5.41, 5.74) is -0.404. The number of carbonyl (C=O) groups excluding carboxylic acids is 1. The van der Waals surface area contributed by atoms with Crippen LogP contribution in [0.2, 0.25) is 0 Å². The molecule has 0 heterocycles. The maximum atomic E-state index is 12.7. The summed E-state index contributed by atoms with van der Waals surface area (Å²) in [5, 5.41) is 9.71. The van der Waals surface area contributed by atoms with Gasteiger partial charge in [-0.1, -0.05) is 18.2 Å². The predicted octanol–water partition coefficient (Wildman–Crippen LogP) is 5.08.